The van der Waals surface area contributed by atoms with Gasteiger partial charge in [0.05, 0.1) is 10.5 Å². The summed E-state index contributed by atoms with van der Waals surface area (Å²) >= 11 is 1.50. The second-order valence-corrected chi connectivity index (χ2v) is 8.24. The smallest absolute Gasteiger partial charge is 0.261 e. The molecule has 0 bridgehead atoms. The minimum atomic E-state index is -0.00370. The van der Waals surface area contributed by atoms with E-state index in [0.29, 0.717) is 17.8 Å². The Hall–Kier alpha value is -0.870. The fourth-order valence-electron chi connectivity index (χ4n) is 3.61. The minimum absolute atomic E-state index is 0.00370. The molecule has 22 heavy (non-hydrogen) atoms. The number of hydrogen-bond acceptors (Lipinski definition) is 3. The molecule has 3 nitrogen and oxygen atoms in total. The van der Waals surface area contributed by atoms with Crippen molar-refractivity contribution in [2.75, 3.05) is 13.2 Å². The van der Waals surface area contributed by atoms with Gasteiger partial charge in [0.2, 0.25) is 0 Å². The fourth-order valence-corrected chi connectivity index (χ4v) is 4.25. The highest BCUT2D eigenvalue weighted by atomic mass is 32.1. The number of thiophene rings is 1. The van der Waals surface area contributed by atoms with E-state index in [-0.39, 0.29) is 11.5 Å². The van der Waals surface area contributed by atoms with Crippen LogP contribution < -0.4 is 5.32 Å². The maximum atomic E-state index is 12.0. The Morgan fingerprint density at radius 1 is 1.50 bits per heavy atom. The molecular formula is C18H29NO2S. The zero-order valence-corrected chi connectivity index (χ0v) is 15.0. The van der Waals surface area contributed by atoms with Gasteiger partial charge >= 0.3 is 0 Å². The van der Waals surface area contributed by atoms with Crippen LogP contribution in [0.2, 0.25) is 0 Å². The van der Waals surface area contributed by atoms with Crippen LogP contribution in [-0.4, -0.2) is 24.7 Å². The van der Waals surface area contributed by atoms with Crippen LogP contribution in [-0.2, 0) is 4.74 Å². The molecule has 0 radical (unpaired) electrons. The number of ether oxygens (including phenoxy) is 1. The van der Waals surface area contributed by atoms with Crippen molar-refractivity contribution in [3.05, 3.63) is 22.4 Å². The summed E-state index contributed by atoms with van der Waals surface area (Å²) in [5.74, 6) is 2.04. The number of carbonyl (C=O) groups excluding carboxylic acids is 1. The first-order chi connectivity index (χ1) is 10.4. The van der Waals surface area contributed by atoms with Crippen molar-refractivity contribution in [1.29, 1.82) is 0 Å². The lowest BCUT2D eigenvalue weighted by Gasteiger charge is -2.40. The Kier molecular flexibility index (Phi) is 6.04. The second kappa shape index (κ2) is 7.60. The predicted octanol–water partition coefficient (Wildman–Crippen LogP) is 4.35. The van der Waals surface area contributed by atoms with E-state index < -0.39 is 0 Å². The number of hydrogen-bond donors (Lipinski definition) is 1. The number of rotatable bonds is 6. The van der Waals surface area contributed by atoms with Gasteiger partial charge in [-0.05, 0) is 62.3 Å². The second-order valence-electron chi connectivity index (χ2n) is 7.29. The summed E-state index contributed by atoms with van der Waals surface area (Å²) in [7, 11) is 0. The van der Waals surface area contributed by atoms with E-state index in [1.54, 1.807) is 0 Å². The van der Waals surface area contributed by atoms with Crippen molar-refractivity contribution in [2.24, 2.45) is 17.8 Å². The molecule has 1 saturated heterocycles. The third-order valence-corrected chi connectivity index (χ3v) is 5.57. The van der Waals surface area contributed by atoms with Gasteiger partial charge in [0, 0.05) is 13.2 Å². The van der Waals surface area contributed by atoms with Crippen molar-refractivity contribution in [3.63, 3.8) is 0 Å². The van der Waals surface area contributed by atoms with Crippen molar-refractivity contribution in [1.82, 2.24) is 5.32 Å². The first kappa shape index (κ1) is 17.5. The molecule has 0 unspecified atom stereocenters. The SMILES string of the molecule is CC(C)[C@@H](CCNC(=O)c1cccs1)[C@H]1CCOC(C)(C)C1. The van der Waals surface area contributed by atoms with Gasteiger partial charge in [0.15, 0.2) is 0 Å². The number of carbonyl (C=O) groups is 1. The Morgan fingerprint density at radius 3 is 2.86 bits per heavy atom. The van der Waals surface area contributed by atoms with Gasteiger partial charge in [-0.3, -0.25) is 4.79 Å². The highest BCUT2D eigenvalue weighted by Crippen LogP contribution is 2.37. The van der Waals surface area contributed by atoms with E-state index in [0.717, 1.165) is 37.3 Å². The van der Waals surface area contributed by atoms with Crippen LogP contribution in [0.4, 0.5) is 0 Å². The quantitative estimate of drug-likeness (QED) is 0.845. The molecule has 0 aromatic carbocycles. The van der Waals surface area contributed by atoms with Gasteiger partial charge in [-0.1, -0.05) is 19.9 Å². The van der Waals surface area contributed by atoms with E-state index in [9.17, 15) is 4.79 Å². The van der Waals surface area contributed by atoms with E-state index >= 15 is 0 Å². The van der Waals surface area contributed by atoms with Crippen molar-refractivity contribution in [2.45, 2.75) is 52.6 Å². The minimum Gasteiger partial charge on any atom is -0.376 e. The predicted molar refractivity (Wildman–Crippen MR) is 92.4 cm³/mol. The van der Waals surface area contributed by atoms with Crippen molar-refractivity contribution in [3.8, 4) is 0 Å². The first-order valence-electron chi connectivity index (χ1n) is 8.35. The molecule has 4 heteroatoms. The van der Waals surface area contributed by atoms with Crippen molar-refractivity contribution >= 4 is 17.2 Å². The van der Waals surface area contributed by atoms with E-state index in [4.69, 9.17) is 4.74 Å². The maximum Gasteiger partial charge on any atom is 0.261 e. The molecule has 1 N–H and O–H groups in total. The van der Waals surface area contributed by atoms with Crippen LogP contribution in [0.15, 0.2) is 17.5 Å². The molecule has 2 atom stereocenters. The fraction of sp³-hybridized carbons (Fsp3) is 0.722. The van der Waals surface area contributed by atoms with Crippen LogP contribution in [0, 0.1) is 17.8 Å². The van der Waals surface area contributed by atoms with Crippen LogP contribution in [0.5, 0.6) is 0 Å². The lowest BCUT2D eigenvalue weighted by Crippen LogP contribution is -2.39. The highest BCUT2D eigenvalue weighted by Gasteiger charge is 2.34. The van der Waals surface area contributed by atoms with Gasteiger partial charge < -0.3 is 10.1 Å². The summed E-state index contributed by atoms with van der Waals surface area (Å²) in [5, 5.41) is 5.01. The lowest BCUT2D eigenvalue weighted by molar-refractivity contribution is -0.0867. The van der Waals surface area contributed by atoms with Crippen molar-refractivity contribution < 1.29 is 9.53 Å². The number of amides is 1. The van der Waals surface area contributed by atoms with E-state index in [1.165, 1.54) is 11.3 Å². The van der Waals surface area contributed by atoms with Gasteiger partial charge in [-0.25, -0.2) is 0 Å². The Morgan fingerprint density at radius 2 is 2.27 bits per heavy atom. The van der Waals surface area contributed by atoms with Crippen LogP contribution >= 0.6 is 11.3 Å². The molecular weight excluding hydrogens is 294 g/mol. The van der Waals surface area contributed by atoms with E-state index in [2.05, 4.69) is 33.0 Å². The molecule has 1 fully saturated rings. The highest BCUT2D eigenvalue weighted by molar-refractivity contribution is 7.12. The first-order valence-corrected chi connectivity index (χ1v) is 9.22. The average molecular weight is 324 g/mol. The largest absolute Gasteiger partial charge is 0.376 e. The molecule has 1 aliphatic heterocycles. The summed E-state index contributed by atoms with van der Waals surface area (Å²) in [6, 6.07) is 3.79. The molecule has 1 amide bonds. The zero-order chi connectivity index (χ0) is 16.2. The molecule has 0 spiro atoms. The van der Waals surface area contributed by atoms with Gasteiger partial charge in [-0.2, -0.15) is 0 Å². The monoisotopic (exact) mass is 323 g/mol. The third-order valence-electron chi connectivity index (χ3n) is 4.71. The lowest BCUT2D eigenvalue weighted by atomic mass is 9.73. The Bertz CT molecular complexity index is 467. The van der Waals surface area contributed by atoms with Crippen LogP contribution in [0.25, 0.3) is 0 Å². The Balaban J connectivity index is 1.85. The molecule has 0 aliphatic carbocycles. The molecule has 1 aliphatic rings. The molecule has 0 saturated carbocycles. The topological polar surface area (TPSA) is 38.3 Å². The third kappa shape index (κ3) is 4.82. The van der Waals surface area contributed by atoms with Crippen LogP contribution in [0.3, 0.4) is 0 Å². The average Bonchev–Trinajstić information content (AvgIpc) is 2.95. The van der Waals surface area contributed by atoms with E-state index in [1.807, 2.05) is 17.5 Å². The summed E-state index contributed by atoms with van der Waals surface area (Å²) in [6.45, 7) is 10.6. The summed E-state index contributed by atoms with van der Waals surface area (Å²) < 4.78 is 5.85. The zero-order valence-electron chi connectivity index (χ0n) is 14.2. The van der Waals surface area contributed by atoms with Gasteiger partial charge in [0.1, 0.15) is 0 Å². The van der Waals surface area contributed by atoms with Crippen LogP contribution in [0.1, 0.15) is 56.6 Å². The Labute approximate surface area is 138 Å². The summed E-state index contributed by atoms with van der Waals surface area (Å²) in [6.07, 6.45) is 3.31. The molecule has 2 rings (SSSR count). The molecule has 2 heterocycles. The summed E-state index contributed by atoms with van der Waals surface area (Å²) in [4.78, 5) is 12.8. The molecule has 124 valence electrons. The molecule has 1 aromatic heterocycles. The molecule has 1 aromatic rings. The standard InChI is InChI=1S/C18H29NO2S/c1-13(2)15(14-8-10-21-18(3,4)12-14)7-9-19-17(20)16-6-5-11-22-16/h5-6,11,13-15H,7-10,12H2,1-4H3,(H,19,20)/t14-,15+/m0/s1. The maximum absolute atomic E-state index is 12.0. The van der Waals surface area contributed by atoms with Gasteiger partial charge in [0.25, 0.3) is 5.91 Å². The van der Waals surface area contributed by atoms with Gasteiger partial charge in [-0.15, -0.1) is 11.3 Å². The summed E-state index contributed by atoms with van der Waals surface area (Å²) in [5.41, 5.74) is -0.00370. The number of nitrogens with one attached hydrogen (secondary N) is 1. The normalized spacial score (nSPS) is 22.5.